The minimum atomic E-state index is 0.357. The van der Waals surface area contributed by atoms with Gasteiger partial charge in [0.1, 0.15) is 0 Å². The molecule has 0 aliphatic carbocycles. The molecule has 0 spiro atoms. The standard InChI is InChI=1S/C20H16Cl2N4/c21-19(25-23-17-7-3-1-4-8-17)15-11-13-16(14-12-15)20(22)26-24-18-9-5-2-6-10-18/h1-14,23-24H/b25-19-,26-20?. The molecule has 0 heterocycles. The number of nitrogens with zero attached hydrogens (tertiary/aromatic N) is 2. The first-order chi connectivity index (χ1) is 12.7. The fourth-order valence-electron chi connectivity index (χ4n) is 2.13. The Morgan fingerprint density at radius 3 is 1.23 bits per heavy atom. The molecule has 0 bridgehead atoms. The highest BCUT2D eigenvalue weighted by molar-refractivity contribution is 6.70. The van der Waals surface area contributed by atoms with E-state index in [9.17, 15) is 0 Å². The van der Waals surface area contributed by atoms with Crippen LogP contribution in [0.2, 0.25) is 0 Å². The molecule has 0 atom stereocenters. The van der Waals surface area contributed by atoms with Gasteiger partial charge in [0.2, 0.25) is 0 Å². The Morgan fingerprint density at radius 1 is 0.538 bits per heavy atom. The van der Waals surface area contributed by atoms with Gasteiger partial charge in [-0.3, -0.25) is 10.9 Å². The van der Waals surface area contributed by atoms with Gasteiger partial charge in [-0.05, 0) is 24.3 Å². The first kappa shape index (κ1) is 18.0. The summed E-state index contributed by atoms with van der Waals surface area (Å²) in [6, 6.07) is 26.6. The zero-order valence-electron chi connectivity index (χ0n) is 13.7. The van der Waals surface area contributed by atoms with E-state index in [4.69, 9.17) is 23.2 Å². The van der Waals surface area contributed by atoms with Gasteiger partial charge in [-0.1, -0.05) is 83.9 Å². The Labute approximate surface area is 162 Å². The van der Waals surface area contributed by atoms with Gasteiger partial charge in [0.05, 0.1) is 11.4 Å². The summed E-state index contributed by atoms with van der Waals surface area (Å²) in [6.45, 7) is 0. The van der Waals surface area contributed by atoms with Crippen molar-refractivity contribution in [1.29, 1.82) is 0 Å². The zero-order valence-corrected chi connectivity index (χ0v) is 15.2. The van der Waals surface area contributed by atoms with Gasteiger partial charge < -0.3 is 0 Å². The maximum absolute atomic E-state index is 6.24. The Balaban J connectivity index is 1.65. The van der Waals surface area contributed by atoms with Gasteiger partial charge in [-0.25, -0.2) is 0 Å². The second-order valence-electron chi connectivity index (χ2n) is 5.34. The number of anilines is 2. The molecular weight excluding hydrogens is 367 g/mol. The van der Waals surface area contributed by atoms with Crippen LogP contribution in [0.4, 0.5) is 11.4 Å². The lowest BCUT2D eigenvalue weighted by Crippen LogP contribution is -2.00. The van der Waals surface area contributed by atoms with Gasteiger partial charge >= 0.3 is 0 Å². The highest BCUT2D eigenvalue weighted by Crippen LogP contribution is 2.13. The average Bonchev–Trinajstić information content (AvgIpc) is 2.72. The molecule has 4 nitrogen and oxygen atoms in total. The van der Waals surface area contributed by atoms with Crippen LogP contribution in [0.15, 0.2) is 95.1 Å². The van der Waals surface area contributed by atoms with Crippen molar-refractivity contribution in [2.24, 2.45) is 10.2 Å². The number of halogens is 2. The number of hydrogen-bond donors (Lipinski definition) is 2. The minimum Gasteiger partial charge on any atom is -0.277 e. The summed E-state index contributed by atoms with van der Waals surface area (Å²) >= 11 is 12.5. The summed E-state index contributed by atoms with van der Waals surface area (Å²) in [5.74, 6) is 0. The Hall–Kier alpha value is -2.82. The maximum atomic E-state index is 6.24. The summed E-state index contributed by atoms with van der Waals surface area (Å²) in [5, 5.41) is 9.06. The third-order valence-corrected chi connectivity index (χ3v) is 4.08. The molecule has 26 heavy (non-hydrogen) atoms. The van der Waals surface area contributed by atoms with E-state index in [1.165, 1.54) is 0 Å². The van der Waals surface area contributed by atoms with Crippen molar-refractivity contribution < 1.29 is 0 Å². The topological polar surface area (TPSA) is 48.8 Å². The quantitative estimate of drug-likeness (QED) is 0.423. The van der Waals surface area contributed by atoms with Crippen molar-refractivity contribution in [3.05, 3.63) is 96.1 Å². The van der Waals surface area contributed by atoms with Crippen LogP contribution in [0.5, 0.6) is 0 Å². The third kappa shape index (κ3) is 5.09. The van der Waals surface area contributed by atoms with Gasteiger partial charge in [-0.2, -0.15) is 10.2 Å². The van der Waals surface area contributed by atoms with Crippen LogP contribution in [0.1, 0.15) is 11.1 Å². The summed E-state index contributed by atoms with van der Waals surface area (Å²) in [5.41, 5.74) is 9.11. The fraction of sp³-hybridized carbons (Fsp3) is 0. The molecule has 3 aromatic carbocycles. The Kier molecular flexibility index (Phi) is 6.25. The summed E-state index contributed by atoms with van der Waals surface area (Å²) < 4.78 is 0. The van der Waals surface area contributed by atoms with E-state index in [0.29, 0.717) is 10.3 Å². The monoisotopic (exact) mass is 382 g/mol. The van der Waals surface area contributed by atoms with E-state index >= 15 is 0 Å². The molecule has 0 aliphatic rings. The molecule has 6 heteroatoms. The van der Waals surface area contributed by atoms with E-state index in [-0.39, 0.29) is 0 Å². The van der Waals surface area contributed by atoms with E-state index in [2.05, 4.69) is 21.1 Å². The normalized spacial score (nSPS) is 11.9. The largest absolute Gasteiger partial charge is 0.277 e. The average molecular weight is 383 g/mol. The number of rotatable bonds is 6. The summed E-state index contributed by atoms with van der Waals surface area (Å²) in [7, 11) is 0. The van der Waals surface area contributed by atoms with Crippen molar-refractivity contribution in [3.63, 3.8) is 0 Å². The molecule has 2 N–H and O–H groups in total. The van der Waals surface area contributed by atoms with Gasteiger partial charge in [-0.15, -0.1) is 0 Å². The van der Waals surface area contributed by atoms with Crippen LogP contribution >= 0.6 is 23.2 Å². The predicted octanol–water partition coefficient (Wildman–Crippen LogP) is 5.71. The van der Waals surface area contributed by atoms with Crippen LogP contribution < -0.4 is 10.9 Å². The van der Waals surface area contributed by atoms with Gasteiger partial charge in [0, 0.05) is 11.1 Å². The number of para-hydroxylation sites is 2. The molecule has 0 unspecified atom stereocenters. The van der Waals surface area contributed by atoms with E-state index in [1.807, 2.05) is 84.9 Å². The number of nitrogens with one attached hydrogen (secondary N) is 2. The van der Waals surface area contributed by atoms with E-state index < -0.39 is 0 Å². The molecule has 0 aliphatic heterocycles. The second-order valence-corrected chi connectivity index (χ2v) is 6.05. The lowest BCUT2D eigenvalue weighted by atomic mass is 10.1. The molecule has 3 aromatic rings. The third-order valence-electron chi connectivity index (χ3n) is 3.48. The Bertz CT molecular complexity index is 816. The first-order valence-electron chi connectivity index (χ1n) is 7.92. The molecular formula is C20H16Cl2N4. The van der Waals surface area contributed by atoms with Crippen molar-refractivity contribution >= 4 is 44.9 Å². The molecule has 3 rings (SSSR count). The van der Waals surface area contributed by atoms with Crippen LogP contribution in [-0.4, -0.2) is 10.3 Å². The lowest BCUT2D eigenvalue weighted by Gasteiger charge is -2.04. The fourth-order valence-corrected chi connectivity index (χ4v) is 2.46. The molecule has 0 radical (unpaired) electrons. The van der Waals surface area contributed by atoms with Crippen molar-refractivity contribution in [1.82, 2.24) is 0 Å². The first-order valence-corrected chi connectivity index (χ1v) is 8.67. The van der Waals surface area contributed by atoms with Crippen molar-refractivity contribution in [2.75, 3.05) is 10.9 Å². The SMILES string of the molecule is ClC(=NNc1ccccc1)c1ccc(/C(Cl)=N/Nc2ccccc2)cc1. The molecule has 0 fully saturated rings. The van der Waals surface area contributed by atoms with Crippen LogP contribution in [-0.2, 0) is 0 Å². The number of hydrogen-bond acceptors (Lipinski definition) is 4. The molecule has 0 saturated carbocycles. The minimum absolute atomic E-state index is 0.357. The van der Waals surface area contributed by atoms with Gasteiger partial charge in [0.25, 0.3) is 0 Å². The highest BCUT2D eigenvalue weighted by atomic mass is 35.5. The smallest absolute Gasteiger partial charge is 0.156 e. The van der Waals surface area contributed by atoms with Crippen LogP contribution in [0.3, 0.4) is 0 Å². The molecule has 0 amide bonds. The maximum Gasteiger partial charge on any atom is 0.156 e. The predicted molar refractivity (Wildman–Crippen MR) is 111 cm³/mol. The van der Waals surface area contributed by atoms with E-state index in [0.717, 1.165) is 22.5 Å². The summed E-state index contributed by atoms with van der Waals surface area (Å²) in [4.78, 5) is 0. The molecule has 0 saturated heterocycles. The van der Waals surface area contributed by atoms with Crippen LogP contribution in [0, 0.1) is 0 Å². The van der Waals surface area contributed by atoms with Crippen LogP contribution in [0.25, 0.3) is 0 Å². The van der Waals surface area contributed by atoms with Gasteiger partial charge in [0.15, 0.2) is 10.3 Å². The summed E-state index contributed by atoms with van der Waals surface area (Å²) in [6.07, 6.45) is 0. The number of benzene rings is 3. The highest BCUT2D eigenvalue weighted by Gasteiger charge is 2.04. The zero-order chi connectivity index (χ0) is 18.2. The molecule has 0 aromatic heterocycles. The van der Waals surface area contributed by atoms with E-state index in [1.54, 1.807) is 0 Å². The van der Waals surface area contributed by atoms with Crippen molar-refractivity contribution in [3.8, 4) is 0 Å². The molecule has 130 valence electrons. The van der Waals surface area contributed by atoms with Crippen molar-refractivity contribution in [2.45, 2.75) is 0 Å². The number of hydrazone groups is 2. The lowest BCUT2D eigenvalue weighted by molar-refractivity contribution is 1.34. The Morgan fingerprint density at radius 2 is 0.885 bits per heavy atom. The second kappa shape index (κ2) is 9.04.